The van der Waals surface area contributed by atoms with Gasteiger partial charge in [-0.2, -0.15) is 5.10 Å². The predicted molar refractivity (Wildman–Crippen MR) is 165 cm³/mol. The maximum atomic E-state index is 5.20. The summed E-state index contributed by atoms with van der Waals surface area (Å²) in [5, 5.41) is 7.16. The third-order valence-corrected chi connectivity index (χ3v) is 7.50. The van der Waals surface area contributed by atoms with Crippen LogP contribution >= 0.6 is 0 Å². The van der Waals surface area contributed by atoms with E-state index in [1.165, 1.54) is 22.3 Å². The van der Waals surface area contributed by atoms with Crippen LogP contribution in [-0.2, 0) is 0 Å². The molecule has 0 unspecified atom stereocenters. The van der Waals surface area contributed by atoms with Gasteiger partial charge in [-0.1, -0.05) is 96.6 Å². The molecule has 0 fully saturated rings. The number of nitrogens with zero attached hydrogens (tertiary/aromatic N) is 4. The highest BCUT2D eigenvalue weighted by Gasteiger charge is 2.16. The van der Waals surface area contributed by atoms with E-state index in [1.807, 2.05) is 35.0 Å². The second-order valence-electron chi connectivity index (χ2n) is 10.4. The Labute approximate surface area is 233 Å². The van der Waals surface area contributed by atoms with Crippen molar-refractivity contribution < 1.29 is 0 Å². The normalized spacial score (nSPS) is 11.4. The molecule has 4 nitrogen and oxygen atoms in total. The van der Waals surface area contributed by atoms with Crippen LogP contribution < -0.4 is 0 Å². The van der Waals surface area contributed by atoms with Gasteiger partial charge in [0.05, 0.1) is 28.1 Å². The minimum atomic E-state index is 0.760. The lowest BCUT2D eigenvalue weighted by Gasteiger charge is -2.13. The summed E-state index contributed by atoms with van der Waals surface area (Å²) < 4.78 is 1.95. The van der Waals surface area contributed by atoms with Gasteiger partial charge in [-0.25, -0.2) is 14.6 Å². The fourth-order valence-corrected chi connectivity index (χ4v) is 5.72. The lowest BCUT2D eigenvalue weighted by Crippen LogP contribution is -2.02. The number of rotatable bonds is 4. The molecular weight excluding hydrogens is 488 g/mol. The Morgan fingerprint density at radius 3 is 1.77 bits per heavy atom. The zero-order valence-corrected chi connectivity index (χ0v) is 22.8. The maximum Gasteiger partial charge on any atom is 0.154 e. The summed E-state index contributed by atoms with van der Waals surface area (Å²) >= 11 is 0. The van der Waals surface area contributed by atoms with E-state index in [9.17, 15) is 0 Å². The molecule has 0 aliphatic heterocycles. The van der Waals surface area contributed by atoms with Gasteiger partial charge in [0.2, 0.25) is 0 Å². The SMILES string of the molecule is Cc1cc(C)c(-c2ccc3ccc4ccc(-n5nc(-c6ccccc6)cc5-c5ccccc5)nc4c3n2)c(C)c1. The van der Waals surface area contributed by atoms with E-state index in [0.717, 1.165) is 55.8 Å². The van der Waals surface area contributed by atoms with E-state index < -0.39 is 0 Å². The van der Waals surface area contributed by atoms with Crippen LogP contribution in [0.2, 0.25) is 0 Å². The first-order valence-electron chi connectivity index (χ1n) is 13.6. The van der Waals surface area contributed by atoms with Gasteiger partial charge in [-0.15, -0.1) is 0 Å². The Kier molecular flexibility index (Phi) is 5.75. The molecule has 0 amide bonds. The monoisotopic (exact) mass is 516 g/mol. The molecule has 0 aliphatic rings. The third-order valence-electron chi connectivity index (χ3n) is 7.50. The zero-order chi connectivity index (χ0) is 27.2. The summed E-state index contributed by atoms with van der Waals surface area (Å²) in [5.41, 5.74) is 11.7. The molecule has 7 rings (SSSR count). The summed E-state index contributed by atoms with van der Waals surface area (Å²) in [7, 11) is 0. The third kappa shape index (κ3) is 4.15. The maximum absolute atomic E-state index is 5.20. The highest BCUT2D eigenvalue weighted by Crippen LogP contribution is 2.32. The highest BCUT2D eigenvalue weighted by atomic mass is 15.3. The summed E-state index contributed by atoms with van der Waals surface area (Å²) in [6.07, 6.45) is 0. The molecule has 4 heteroatoms. The number of aryl methyl sites for hydroxylation is 3. The summed E-state index contributed by atoms with van der Waals surface area (Å²) in [5.74, 6) is 0.760. The molecule has 0 saturated heterocycles. The van der Waals surface area contributed by atoms with Crippen LogP contribution in [0.5, 0.6) is 0 Å². The molecular formula is C36H28N4. The van der Waals surface area contributed by atoms with Crippen LogP contribution in [0.15, 0.2) is 115 Å². The fraction of sp³-hybridized carbons (Fsp3) is 0.0833. The van der Waals surface area contributed by atoms with Crippen molar-refractivity contribution in [3.05, 3.63) is 132 Å². The lowest BCUT2D eigenvalue weighted by molar-refractivity contribution is 0.864. The second-order valence-corrected chi connectivity index (χ2v) is 10.4. The van der Waals surface area contributed by atoms with Crippen LogP contribution in [0.3, 0.4) is 0 Å². The Morgan fingerprint density at radius 2 is 1.10 bits per heavy atom. The predicted octanol–water partition coefficient (Wildman–Crippen LogP) is 8.89. The van der Waals surface area contributed by atoms with Gasteiger partial charge >= 0.3 is 0 Å². The number of pyridine rings is 2. The van der Waals surface area contributed by atoms with Gasteiger partial charge in [-0.3, -0.25) is 0 Å². The number of hydrogen-bond donors (Lipinski definition) is 0. The van der Waals surface area contributed by atoms with Gasteiger partial charge in [0.1, 0.15) is 0 Å². The smallest absolute Gasteiger partial charge is 0.154 e. The van der Waals surface area contributed by atoms with Gasteiger partial charge in [0.15, 0.2) is 5.82 Å². The Bertz CT molecular complexity index is 2000. The van der Waals surface area contributed by atoms with Gasteiger partial charge in [-0.05, 0) is 56.2 Å². The van der Waals surface area contributed by atoms with Crippen LogP contribution in [0.4, 0.5) is 0 Å². The standard InChI is InChI=1S/C36H28N4/c1-23-20-24(2)34(25(3)21-23)30-18-16-28-14-15-29-17-19-33(38-36(29)35(28)37-30)40-32(27-12-8-5-9-13-27)22-31(39-40)26-10-6-4-7-11-26/h4-22H,1-3H3. The molecule has 0 aliphatic carbocycles. The number of hydrogen-bond acceptors (Lipinski definition) is 3. The Hall–Kier alpha value is -5.09. The average molecular weight is 517 g/mol. The molecule has 0 saturated carbocycles. The average Bonchev–Trinajstić information content (AvgIpc) is 3.43. The van der Waals surface area contributed by atoms with Crippen molar-refractivity contribution in [2.24, 2.45) is 0 Å². The molecule has 7 aromatic rings. The van der Waals surface area contributed by atoms with Crippen molar-refractivity contribution >= 4 is 21.8 Å². The van der Waals surface area contributed by atoms with Crippen LogP contribution in [0.1, 0.15) is 16.7 Å². The first kappa shape index (κ1) is 24.0. The van der Waals surface area contributed by atoms with E-state index >= 15 is 0 Å². The molecule has 3 heterocycles. The molecule has 0 spiro atoms. The summed E-state index contributed by atoms with van der Waals surface area (Å²) in [6, 6.07) is 39.9. The van der Waals surface area contributed by atoms with Gasteiger partial charge < -0.3 is 0 Å². The molecule has 0 N–H and O–H groups in total. The van der Waals surface area contributed by atoms with E-state index in [0.29, 0.717) is 0 Å². The minimum Gasteiger partial charge on any atom is -0.245 e. The van der Waals surface area contributed by atoms with Crippen molar-refractivity contribution in [1.29, 1.82) is 0 Å². The first-order valence-corrected chi connectivity index (χ1v) is 13.6. The van der Waals surface area contributed by atoms with Crippen molar-refractivity contribution in [2.75, 3.05) is 0 Å². The molecule has 40 heavy (non-hydrogen) atoms. The van der Waals surface area contributed by atoms with E-state index in [4.69, 9.17) is 15.1 Å². The zero-order valence-electron chi connectivity index (χ0n) is 22.8. The second kappa shape index (κ2) is 9.58. The van der Waals surface area contributed by atoms with Gasteiger partial charge in [0.25, 0.3) is 0 Å². The van der Waals surface area contributed by atoms with Crippen molar-refractivity contribution in [3.63, 3.8) is 0 Å². The molecule has 192 valence electrons. The van der Waals surface area contributed by atoms with Crippen LogP contribution in [0.25, 0.3) is 61.4 Å². The van der Waals surface area contributed by atoms with Crippen LogP contribution in [0, 0.1) is 20.8 Å². The first-order chi connectivity index (χ1) is 19.5. The van der Waals surface area contributed by atoms with Gasteiger partial charge in [0, 0.05) is 27.5 Å². The minimum absolute atomic E-state index is 0.760. The van der Waals surface area contributed by atoms with Crippen molar-refractivity contribution in [3.8, 4) is 39.6 Å². The molecule has 3 aromatic heterocycles. The fourth-order valence-electron chi connectivity index (χ4n) is 5.72. The Morgan fingerprint density at radius 1 is 0.525 bits per heavy atom. The highest BCUT2D eigenvalue weighted by molar-refractivity contribution is 6.03. The van der Waals surface area contributed by atoms with E-state index in [-0.39, 0.29) is 0 Å². The number of fused-ring (bicyclic) bond motifs is 3. The van der Waals surface area contributed by atoms with Crippen molar-refractivity contribution in [1.82, 2.24) is 19.7 Å². The quantitative estimate of drug-likeness (QED) is 0.219. The van der Waals surface area contributed by atoms with Crippen molar-refractivity contribution in [2.45, 2.75) is 20.8 Å². The van der Waals surface area contributed by atoms with E-state index in [2.05, 4.69) is 106 Å². The molecule has 0 atom stereocenters. The summed E-state index contributed by atoms with van der Waals surface area (Å²) in [4.78, 5) is 10.4. The molecule has 0 radical (unpaired) electrons. The number of benzene rings is 4. The Balaban J connectivity index is 1.44. The molecule has 4 aromatic carbocycles. The molecule has 0 bridgehead atoms. The topological polar surface area (TPSA) is 43.6 Å². The summed E-state index contributed by atoms with van der Waals surface area (Å²) in [6.45, 7) is 6.46. The largest absolute Gasteiger partial charge is 0.245 e. The van der Waals surface area contributed by atoms with E-state index in [1.54, 1.807) is 0 Å². The number of aromatic nitrogens is 4. The van der Waals surface area contributed by atoms with Crippen LogP contribution in [-0.4, -0.2) is 19.7 Å². The lowest BCUT2D eigenvalue weighted by atomic mass is 9.96.